The highest BCUT2D eigenvalue weighted by Crippen LogP contribution is 2.56. The number of nitrogens with two attached hydrogens (primary N) is 1. The zero-order chi connectivity index (χ0) is 15.2. The molecule has 4 heteroatoms. The summed E-state index contributed by atoms with van der Waals surface area (Å²) in [6, 6.07) is 12.6. The van der Waals surface area contributed by atoms with Gasteiger partial charge in [0, 0.05) is 18.0 Å². The molecule has 2 aromatic rings. The molecule has 1 saturated carbocycles. The highest BCUT2D eigenvalue weighted by atomic mass is 32.1. The first-order chi connectivity index (χ1) is 10.8. The molecule has 1 aliphatic heterocycles. The molecule has 0 bridgehead atoms. The number of carbonyl (C=O) groups is 1. The molecule has 2 aliphatic rings. The summed E-state index contributed by atoms with van der Waals surface area (Å²) in [7, 11) is 0. The molecular formula is C18H20N2OS. The molecule has 3 nitrogen and oxygen atoms in total. The molecule has 2 N–H and O–H groups in total. The number of nitrogens with zero attached hydrogens (tertiary/aromatic N) is 1. The van der Waals surface area contributed by atoms with Gasteiger partial charge in [0.15, 0.2) is 0 Å². The first-order valence-electron chi connectivity index (χ1n) is 7.86. The number of amides is 1. The monoisotopic (exact) mass is 312 g/mol. The van der Waals surface area contributed by atoms with Gasteiger partial charge in [0.2, 0.25) is 5.91 Å². The number of thiophene rings is 1. The van der Waals surface area contributed by atoms with Crippen molar-refractivity contribution in [3.05, 3.63) is 57.8 Å². The molecule has 1 aromatic heterocycles. The predicted molar refractivity (Wildman–Crippen MR) is 88.7 cm³/mol. The molecule has 1 aliphatic carbocycles. The number of fused-ring (bicyclic) bond motifs is 1. The molecule has 2 heterocycles. The normalized spacial score (nSPS) is 26.6. The Morgan fingerprint density at radius 1 is 1.27 bits per heavy atom. The molecule has 0 spiro atoms. The van der Waals surface area contributed by atoms with Crippen LogP contribution < -0.4 is 5.73 Å². The molecule has 0 unspecified atom stereocenters. The second kappa shape index (κ2) is 5.21. The molecule has 1 amide bonds. The second-order valence-electron chi connectivity index (χ2n) is 6.33. The Balaban J connectivity index is 1.62. The molecule has 0 saturated heterocycles. The van der Waals surface area contributed by atoms with Gasteiger partial charge in [-0.25, -0.2) is 0 Å². The summed E-state index contributed by atoms with van der Waals surface area (Å²) < 4.78 is 0. The van der Waals surface area contributed by atoms with E-state index in [0.717, 1.165) is 25.9 Å². The van der Waals surface area contributed by atoms with E-state index in [1.165, 1.54) is 16.0 Å². The Hall–Kier alpha value is -1.65. The van der Waals surface area contributed by atoms with Crippen molar-refractivity contribution in [2.75, 3.05) is 13.1 Å². The molecule has 114 valence electrons. The number of carbonyl (C=O) groups excluding carboxylic acids is 1. The number of rotatable bonds is 3. The maximum Gasteiger partial charge on any atom is 0.234 e. The number of benzene rings is 1. The minimum atomic E-state index is -0.338. The van der Waals surface area contributed by atoms with Crippen molar-refractivity contribution < 1.29 is 4.79 Å². The molecule has 4 rings (SSSR count). The Labute approximate surface area is 134 Å². The van der Waals surface area contributed by atoms with Gasteiger partial charge in [0.05, 0.1) is 5.41 Å². The number of hydrogen-bond acceptors (Lipinski definition) is 3. The largest absolute Gasteiger partial charge is 0.337 e. The predicted octanol–water partition coefficient (Wildman–Crippen LogP) is 2.55. The lowest BCUT2D eigenvalue weighted by atomic mass is 9.95. The first kappa shape index (κ1) is 14.0. The van der Waals surface area contributed by atoms with Gasteiger partial charge in [-0.15, -0.1) is 11.3 Å². The van der Waals surface area contributed by atoms with Crippen LogP contribution in [0.1, 0.15) is 22.4 Å². The van der Waals surface area contributed by atoms with E-state index in [1.807, 2.05) is 11.0 Å². The van der Waals surface area contributed by atoms with E-state index in [2.05, 4.69) is 35.7 Å². The van der Waals surface area contributed by atoms with Crippen molar-refractivity contribution in [3.8, 4) is 0 Å². The van der Waals surface area contributed by atoms with E-state index in [4.69, 9.17) is 5.73 Å². The first-order valence-corrected chi connectivity index (χ1v) is 8.74. The van der Waals surface area contributed by atoms with E-state index < -0.39 is 0 Å². The lowest BCUT2D eigenvalue weighted by Gasteiger charge is -2.32. The van der Waals surface area contributed by atoms with Gasteiger partial charge in [-0.3, -0.25) is 4.79 Å². The average molecular weight is 312 g/mol. The van der Waals surface area contributed by atoms with Gasteiger partial charge in [-0.05, 0) is 47.9 Å². The van der Waals surface area contributed by atoms with Gasteiger partial charge < -0.3 is 10.6 Å². The third-order valence-electron chi connectivity index (χ3n) is 5.15. The summed E-state index contributed by atoms with van der Waals surface area (Å²) in [5.74, 6) is 0.579. The van der Waals surface area contributed by atoms with Gasteiger partial charge in [0.25, 0.3) is 0 Å². The maximum absolute atomic E-state index is 13.2. The zero-order valence-corrected chi connectivity index (χ0v) is 13.3. The van der Waals surface area contributed by atoms with Crippen molar-refractivity contribution in [3.63, 3.8) is 0 Å². The Kier molecular flexibility index (Phi) is 3.31. The molecule has 22 heavy (non-hydrogen) atoms. The molecule has 2 atom stereocenters. The van der Waals surface area contributed by atoms with E-state index in [0.29, 0.717) is 12.5 Å². The van der Waals surface area contributed by atoms with E-state index in [9.17, 15) is 4.79 Å². The van der Waals surface area contributed by atoms with Gasteiger partial charge in [-0.2, -0.15) is 0 Å². The summed E-state index contributed by atoms with van der Waals surface area (Å²) >= 11 is 1.69. The second-order valence-corrected chi connectivity index (χ2v) is 7.28. The molecule has 0 radical (unpaired) electrons. The summed E-state index contributed by atoms with van der Waals surface area (Å²) in [4.78, 5) is 16.5. The van der Waals surface area contributed by atoms with Crippen LogP contribution in [0.4, 0.5) is 0 Å². The van der Waals surface area contributed by atoms with E-state index >= 15 is 0 Å². The third-order valence-corrected chi connectivity index (χ3v) is 6.20. The fourth-order valence-corrected chi connectivity index (χ4v) is 4.78. The Morgan fingerprint density at radius 2 is 2.09 bits per heavy atom. The van der Waals surface area contributed by atoms with Crippen molar-refractivity contribution in [1.82, 2.24) is 4.90 Å². The van der Waals surface area contributed by atoms with Crippen molar-refractivity contribution in [2.45, 2.75) is 24.8 Å². The fourth-order valence-electron chi connectivity index (χ4n) is 3.77. The van der Waals surface area contributed by atoms with Crippen LogP contribution in [0.25, 0.3) is 0 Å². The Morgan fingerprint density at radius 3 is 2.77 bits per heavy atom. The summed E-state index contributed by atoms with van der Waals surface area (Å²) in [5.41, 5.74) is 8.22. The lowest BCUT2D eigenvalue weighted by molar-refractivity contribution is -0.135. The van der Waals surface area contributed by atoms with Crippen LogP contribution in [0.2, 0.25) is 0 Å². The lowest BCUT2D eigenvalue weighted by Crippen LogP contribution is -2.43. The molecule has 1 aromatic carbocycles. The van der Waals surface area contributed by atoms with Crippen LogP contribution >= 0.6 is 11.3 Å². The van der Waals surface area contributed by atoms with Crippen LogP contribution in [0.15, 0.2) is 41.8 Å². The maximum atomic E-state index is 13.2. The van der Waals surface area contributed by atoms with Gasteiger partial charge >= 0.3 is 0 Å². The summed E-state index contributed by atoms with van der Waals surface area (Å²) in [6.45, 7) is 2.15. The highest BCUT2D eigenvalue weighted by molar-refractivity contribution is 7.10. The van der Waals surface area contributed by atoms with Gasteiger partial charge in [-0.1, -0.05) is 30.3 Å². The van der Waals surface area contributed by atoms with Crippen LogP contribution in [0, 0.1) is 5.92 Å². The zero-order valence-electron chi connectivity index (χ0n) is 12.5. The SMILES string of the molecule is NC[C@@H]1C[C@@]1(C(=O)N1CCc2ccccc2C1)c1cccs1. The van der Waals surface area contributed by atoms with Crippen molar-refractivity contribution >= 4 is 17.2 Å². The fraction of sp³-hybridized carbons (Fsp3) is 0.389. The van der Waals surface area contributed by atoms with Crippen LogP contribution in [0.5, 0.6) is 0 Å². The quantitative estimate of drug-likeness (QED) is 0.947. The minimum absolute atomic E-state index is 0.278. The van der Waals surface area contributed by atoms with Gasteiger partial charge in [0.1, 0.15) is 0 Å². The van der Waals surface area contributed by atoms with E-state index in [-0.39, 0.29) is 11.3 Å². The minimum Gasteiger partial charge on any atom is -0.337 e. The number of hydrogen-bond donors (Lipinski definition) is 1. The topological polar surface area (TPSA) is 46.3 Å². The van der Waals surface area contributed by atoms with E-state index in [1.54, 1.807) is 11.3 Å². The summed E-state index contributed by atoms with van der Waals surface area (Å²) in [6.07, 6.45) is 1.86. The average Bonchev–Trinajstić information content (AvgIpc) is 3.06. The standard InChI is InChI=1S/C18H20N2OS/c19-11-15-10-18(15,16-6-3-9-22-16)17(21)20-8-7-13-4-1-2-5-14(13)12-20/h1-6,9,15H,7-8,10-12,19H2/t15-,18-/m0/s1. The third kappa shape index (κ3) is 2.02. The molecular weight excluding hydrogens is 292 g/mol. The van der Waals surface area contributed by atoms with Crippen molar-refractivity contribution in [2.24, 2.45) is 11.7 Å². The van der Waals surface area contributed by atoms with Crippen LogP contribution in [-0.2, 0) is 23.2 Å². The summed E-state index contributed by atoms with van der Waals surface area (Å²) in [5, 5.41) is 2.06. The van der Waals surface area contributed by atoms with Crippen LogP contribution in [0.3, 0.4) is 0 Å². The molecule has 1 fully saturated rings. The highest BCUT2D eigenvalue weighted by Gasteiger charge is 2.62. The smallest absolute Gasteiger partial charge is 0.234 e. The van der Waals surface area contributed by atoms with Crippen molar-refractivity contribution in [1.29, 1.82) is 0 Å². The van der Waals surface area contributed by atoms with Crippen LogP contribution in [-0.4, -0.2) is 23.9 Å². The Bertz CT molecular complexity index is 697.